The third-order valence-electron chi connectivity index (χ3n) is 3.22. The summed E-state index contributed by atoms with van der Waals surface area (Å²) in [5, 5.41) is 3.39. The molecule has 1 aliphatic carbocycles. The molecule has 0 bridgehead atoms. The number of nitrogens with two attached hydrogens (primary N) is 1. The van der Waals surface area contributed by atoms with Crippen molar-refractivity contribution in [2.24, 2.45) is 11.8 Å². The molecular formula is C12H19N3. The first-order valence-corrected chi connectivity index (χ1v) is 5.70. The fraction of sp³-hybridized carbons (Fsp3) is 0.583. The van der Waals surface area contributed by atoms with E-state index in [1.807, 2.05) is 12.1 Å². The molecule has 3 N–H and O–H groups in total. The minimum Gasteiger partial charge on any atom is -0.382 e. The normalized spacial score (nSPS) is 25.4. The lowest BCUT2D eigenvalue weighted by Crippen LogP contribution is -2.12. The molecule has 1 aliphatic rings. The van der Waals surface area contributed by atoms with Gasteiger partial charge in [-0.3, -0.25) is 0 Å². The Labute approximate surface area is 91.1 Å². The third kappa shape index (κ3) is 2.61. The first kappa shape index (κ1) is 10.3. The Morgan fingerprint density at radius 3 is 3.07 bits per heavy atom. The fourth-order valence-corrected chi connectivity index (χ4v) is 2.33. The van der Waals surface area contributed by atoms with Gasteiger partial charge in [0, 0.05) is 12.7 Å². The summed E-state index contributed by atoms with van der Waals surface area (Å²) in [7, 11) is 0. The molecule has 3 heteroatoms. The standard InChI is InChI=1S/C12H19N3/c1-9-4-5-10(7-9)8-15-11-3-2-6-14-12(11)13/h2-3,6,9-10,15H,4-5,7-8H2,1H3,(H2,13,14). The van der Waals surface area contributed by atoms with Crippen molar-refractivity contribution in [2.45, 2.75) is 26.2 Å². The summed E-state index contributed by atoms with van der Waals surface area (Å²) in [6.45, 7) is 3.36. The fourth-order valence-electron chi connectivity index (χ4n) is 2.33. The van der Waals surface area contributed by atoms with E-state index in [4.69, 9.17) is 5.73 Å². The molecule has 1 aromatic rings. The topological polar surface area (TPSA) is 50.9 Å². The quantitative estimate of drug-likeness (QED) is 0.797. The number of hydrogen-bond donors (Lipinski definition) is 2. The first-order valence-electron chi connectivity index (χ1n) is 5.70. The average Bonchev–Trinajstić information content (AvgIpc) is 2.63. The Balaban J connectivity index is 1.86. The smallest absolute Gasteiger partial charge is 0.146 e. The number of anilines is 2. The number of aromatic nitrogens is 1. The molecule has 1 heterocycles. The maximum absolute atomic E-state index is 5.76. The van der Waals surface area contributed by atoms with Gasteiger partial charge in [0.1, 0.15) is 5.82 Å². The lowest BCUT2D eigenvalue weighted by atomic mass is 10.1. The highest BCUT2D eigenvalue weighted by Gasteiger charge is 2.20. The highest BCUT2D eigenvalue weighted by molar-refractivity contribution is 5.60. The largest absolute Gasteiger partial charge is 0.382 e. The van der Waals surface area contributed by atoms with E-state index in [-0.39, 0.29) is 0 Å². The molecule has 0 spiro atoms. The lowest BCUT2D eigenvalue weighted by Gasteiger charge is -2.13. The molecule has 2 unspecified atom stereocenters. The first-order chi connectivity index (χ1) is 7.25. The van der Waals surface area contributed by atoms with Crippen LogP contribution in [0.2, 0.25) is 0 Å². The number of nitrogens with zero attached hydrogens (tertiary/aromatic N) is 1. The minimum absolute atomic E-state index is 0.601. The van der Waals surface area contributed by atoms with Gasteiger partial charge in [-0.2, -0.15) is 0 Å². The predicted octanol–water partition coefficient (Wildman–Crippen LogP) is 2.51. The van der Waals surface area contributed by atoms with Crippen LogP contribution in [0.3, 0.4) is 0 Å². The second-order valence-corrected chi connectivity index (χ2v) is 4.60. The summed E-state index contributed by atoms with van der Waals surface area (Å²) < 4.78 is 0. The summed E-state index contributed by atoms with van der Waals surface area (Å²) in [6.07, 6.45) is 5.77. The van der Waals surface area contributed by atoms with Crippen molar-refractivity contribution in [3.63, 3.8) is 0 Å². The van der Waals surface area contributed by atoms with Crippen molar-refractivity contribution >= 4 is 11.5 Å². The van der Waals surface area contributed by atoms with Gasteiger partial charge in [-0.05, 0) is 36.8 Å². The molecule has 2 atom stereocenters. The monoisotopic (exact) mass is 205 g/mol. The van der Waals surface area contributed by atoms with E-state index in [0.29, 0.717) is 5.82 Å². The summed E-state index contributed by atoms with van der Waals surface area (Å²) in [5.41, 5.74) is 6.73. The number of pyridine rings is 1. The Hall–Kier alpha value is -1.25. The van der Waals surface area contributed by atoms with E-state index in [2.05, 4.69) is 17.2 Å². The maximum Gasteiger partial charge on any atom is 0.146 e. The van der Waals surface area contributed by atoms with Crippen LogP contribution in [0.4, 0.5) is 11.5 Å². The van der Waals surface area contributed by atoms with E-state index in [1.165, 1.54) is 19.3 Å². The third-order valence-corrected chi connectivity index (χ3v) is 3.22. The van der Waals surface area contributed by atoms with E-state index in [9.17, 15) is 0 Å². The van der Waals surface area contributed by atoms with E-state index in [0.717, 1.165) is 24.1 Å². The molecule has 3 nitrogen and oxygen atoms in total. The van der Waals surface area contributed by atoms with Crippen LogP contribution in [0, 0.1) is 11.8 Å². The highest BCUT2D eigenvalue weighted by Crippen LogP contribution is 2.30. The van der Waals surface area contributed by atoms with Crippen LogP contribution in [0.25, 0.3) is 0 Å². The molecule has 0 radical (unpaired) electrons. The van der Waals surface area contributed by atoms with Crippen molar-refractivity contribution in [3.8, 4) is 0 Å². The molecule has 0 amide bonds. The van der Waals surface area contributed by atoms with Crippen molar-refractivity contribution in [2.75, 3.05) is 17.6 Å². The van der Waals surface area contributed by atoms with E-state index in [1.54, 1.807) is 6.20 Å². The number of rotatable bonds is 3. The van der Waals surface area contributed by atoms with E-state index >= 15 is 0 Å². The highest BCUT2D eigenvalue weighted by atomic mass is 14.9. The second-order valence-electron chi connectivity index (χ2n) is 4.60. The second kappa shape index (κ2) is 4.51. The summed E-state index contributed by atoms with van der Waals surface area (Å²) >= 11 is 0. The molecular weight excluding hydrogens is 186 g/mol. The molecule has 1 fully saturated rings. The van der Waals surface area contributed by atoms with Crippen molar-refractivity contribution < 1.29 is 0 Å². The van der Waals surface area contributed by atoms with Gasteiger partial charge in [0.05, 0.1) is 5.69 Å². The van der Waals surface area contributed by atoms with Crippen molar-refractivity contribution in [1.82, 2.24) is 4.98 Å². The zero-order valence-electron chi connectivity index (χ0n) is 9.24. The van der Waals surface area contributed by atoms with Gasteiger partial charge in [0.15, 0.2) is 0 Å². The van der Waals surface area contributed by atoms with E-state index < -0.39 is 0 Å². The van der Waals surface area contributed by atoms with Crippen LogP contribution in [0.15, 0.2) is 18.3 Å². The summed E-state index contributed by atoms with van der Waals surface area (Å²) in [5.74, 6) is 2.30. The molecule has 1 saturated carbocycles. The van der Waals surface area contributed by atoms with Crippen molar-refractivity contribution in [3.05, 3.63) is 18.3 Å². The number of nitrogens with one attached hydrogen (secondary N) is 1. The minimum atomic E-state index is 0.601. The Morgan fingerprint density at radius 2 is 2.40 bits per heavy atom. The van der Waals surface area contributed by atoms with Gasteiger partial charge in [-0.1, -0.05) is 13.3 Å². The SMILES string of the molecule is CC1CCC(CNc2cccnc2N)C1. The van der Waals surface area contributed by atoms with Crippen LogP contribution in [-0.4, -0.2) is 11.5 Å². The van der Waals surface area contributed by atoms with Gasteiger partial charge in [-0.15, -0.1) is 0 Å². The maximum atomic E-state index is 5.76. The van der Waals surface area contributed by atoms with Gasteiger partial charge in [-0.25, -0.2) is 4.98 Å². The van der Waals surface area contributed by atoms with Gasteiger partial charge in [0.25, 0.3) is 0 Å². The van der Waals surface area contributed by atoms with Gasteiger partial charge >= 0.3 is 0 Å². The average molecular weight is 205 g/mol. The summed E-state index contributed by atoms with van der Waals surface area (Å²) in [6, 6.07) is 3.90. The Morgan fingerprint density at radius 1 is 1.53 bits per heavy atom. The lowest BCUT2D eigenvalue weighted by molar-refractivity contribution is 0.537. The number of hydrogen-bond acceptors (Lipinski definition) is 3. The molecule has 2 rings (SSSR count). The molecule has 1 aromatic heterocycles. The van der Waals surface area contributed by atoms with Crippen LogP contribution in [0.5, 0.6) is 0 Å². The molecule has 0 saturated heterocycles. The van der Waals surface area contributed by atoms with Crippen LogP contribution in [-0.2, 0) is 0 Å². The molecule has 82 valence electrons. The Kier molecular flexibility index (Phi) is 3.09. The molecule has 15 heavy (non-hydrogen) atoms. The molecule has 0 aliphatic heterocycles. The van der Waals surface area contributed by atoms with Crippen molar-refractivity contribution in [1.29, 1.82) is 0 Å². The number of nitrogen functional groups attached to an aromatic ring is 1. The van der Waals surface area contributed by atoms with Gasteiger partial charge in [0.2, 0.25) is 0 Å². The molecule has 0 aromatic carbocycles. The van der Waals surface area contributed by atoms with Gasteiger partial charge < -0.3 is 11.1 Å². The van der Waals surface area contributed by atoms with Crippen LogP contribution in [0.1, 0.15) is 26.2 Å². The summed E-state index contributed by atoms with van der Waals surface area (Å²) in [4.78, 5) is 4.05. The zero-order chi connectivity index (χ0) is 10.7. The van der Waals surface area contributed by atoms with Crippen LogP contribution < -0.4 is 11.1 Å². The van der Waals surface area contributed by atoms with Crippen LogP contribution >= 0.6 is 0 Å². The zero-order valence-corrected chi connectivity index (χ0v) is 9.24. The Bertz CT molecular complexity index is 324. The predicted molar refractivity (Wildman–Crippen MR) is 63.6 cm³/mol.